The van der Waals surface area contributed by atoms with Crippen LogP contribution in [0.15, 0.2) is 73.3 Å². The quantitative estimate of drug-likeness (QED) is 0.267. The highest BCUT2D eigenvalue weighted by Gasteiger charge is 2.30. The summed E-state index contributed by atoms with van der Waals surface area (Å²) in [5, 5.41) is 0. The third-order valence-corrected chi connectivity index (χ3v) is 5.45. The van der Waals surface area contributed by atoms with Crippen LogP contribution in [-0.4, -0.2) is 17.3 Å². The highest BCUT2D eigenvalue weighted by Crippen LogP contribution is 2.33. The van der Waals surface area contributed by atoms with Gasteiger partial charge in [0.05, 0.1) is 5.56 Å². The van der Waals surface area contributed by atoms with Crippen LogP contribution in [0.2, 0.25) is 0 Å². The van der Waals surface area contributed by atoms with Crippen molar-refractivity contribution in [3.8, 4) is 11.1 Å². The van der Waals surface area contributed by atoms with E-state index in [0.717, 1.165) is 12.1 Å². The number of hydrogen-bond donors (Lipinski definition) is 0. The van der Waals surface area contributed by atoms with Gasteiger partial charge in [-0.2, -0.15) is 13.2 Å². The highest BCUT2D eigenvalue weighted by atomic mass is 19.4. The molecule has 0 aliphatic carbocycles. The number of carbonyl (C=O) groups is 3. The summed E-state index contributed by atoms with van der Waals surface area (Å²) in [6, 6.07) is 16.1. The molecular weight excluding hydrogens is 441 g/mol. The largest absolute Gasteiger partial charge is 0.416 e. The molecule has 0 saturated heterocycles. The van der Waals surface area contributed by atoms with E-state index in [-0.39, 0.29) is 35.5 Å². The zero-order chi connectivity index (χ0) is 25.0. The molecule has 3 aromatic carbocycles. The molecule has 0 atom stereocenters. The fraction of sp³-hybridized carbons (Fsp3) is 0.179. The number of allylic oxidation sites excluding steroid dienone is 1. The molecule has 34 heavy (non-hydrogen) atoms. The van der Waals surface area contributed by atoms with Gasteiger partial charge >= 0.3 is 6.18 Å². The molecule has 0 bridgehead atoms. The second kappa shape index (κ2) is 10.00. The molecule has 0 aliphatic heterocycles. The van der Waals surface area contributed by atoms with Gasteiger partial charge in [-0.1, -0.05) is 62.0 Å². The van der Waals surface area contributed by atoms with E-state index >= 15 is 0 Å². The molecule has 0 N–H and O–H groups in total. The van der Waals surface area contributed by atoms with Crippen molar-refractivity contribution >= 4 is 22.9 Å². The molecule has 0 aliphatic rings. The maximum Gasteiger partial charge on any atom is 0.416 e. The minimum atomic E-state index is -4.46. The molecule has 0 fully saturated rings. The highest BCUT2D eigenvalue weighted by molar-refractivity contribution is 6.31. The minimum absolute atomic E-state index is 0.0528. The number of alkyl halides is 3. The Labute approximate surface area is 195 Å². The monoisotopic (exact) mass is 464 g/mol. The van der Waals surface area contributed by atoms with Gasteiger partial charge in [0.1, 0.15) is 5.78 Å². The molecule has 0 heterocycles. The molecule has 0 aromatic heterocycles. The minimum Gasteiger partial charge on any atom is -0.300 e. The van der Waals surface area contributed by atoms with E-state index in [1.165, 1.54) is 19.1 Å². The van der Waals surface area contributed by atoms with E-state index in [9.17, 15) is 27.6 Å². The van der Waals surface area contributed by atoms with Gasteiger partial charge in [-0.3, -0.25) is 14.4 Å². The Kier molecular flexibility index (Phi) is 7.30. The van der Waals surface area contributed by atoms with E-state index in [4.69, 9.17) is 0 Å². The SMILES string of the molecule is C=C(C(=O)c1ccccc1-c1ccc(C(F)(F)F)cc1)c1ccc(CC(C)=O)cc1C(=O)CC. The lowest BCUT2D eigenvalue weighted by Crippen LogP contribution is -2.10. The second-order valence-corrected chi connectivity index (χ2v) is 7.96. The van der Waals surface area contributed by atoms with E-state index in [1.807, 2.05) is 0 Å². The van der Waals surface area contributed by atoms with Gasteiger partial charge < -0.3 is 0 Å². The number of halogens is 3. The Bertz CT molecular complexity index is 1270. The maximum atomic E-state index is 13.4. The first-order chi connectivity index (χ1) is 16.0. The van der Waals surface area contributed by atoms with Gasteiger partial charge in [0, 0.05) is 29.5 Å². The summed E-state index contributed by atoms with van der Waals surface area (Å²) in [4.78, 5) is 37.6. The van der Waals surface area contributed by atoms with E-state index in [2.05, 4.69) is 6.58 Å². The van der Waals surface area contributed by atoms with Crippen LogP contribution in [-0.2, 0) is 17.4 Å². The fourth-order valence-corrected chi connectivity index (χ4v) is 3.73. The van der Waals surface area contributed by atoms with Crippen LogP contribution < -0.4 is 0 Å². The number of rotatable bonds is 8. The molecule has 0 amide bonds. The van der Waals surface area contributed by atoms with Gasteiger partial charge in [-0.15, -0.1) is 0 Å². The maximum absolute atomic E-state index is 13.4. The van der Waals surface area contributed by atoms with Gasteiger partial charge in [0.25, 0.3) is 0 Å². The third kappa shape index (κ3) is 5.39. The molecule has 3 rings (SSSR count). The van der Waals surface area contributed by atoms with Crippen LogP contribution in [0.5, 0.6) is 0 Å². The molecule has 0 spiro atoms. The molecule has 0 unspecified atom stereocenters. The Hall–Kier alpha value is -3.80. The average Bonchev–Trinajstić information content (AvgIpc) is 2.81. The van der Waals surface area contributed by atoms with Crippen LogP contribution in [0.3, 0.4) is 0 Å². The molecule has 6 heteroatoms. The summed E-state index contributed by atoms with van der Waals surface area (Å²) >= 11 is 0. The van der Waals surface area contributed by atoms with Crippen molar-refractivity contribution in [2.45, 2.75) is 32.9 Å². The number of benzene rings is 3. The number of Topliss-reactive ketones (excluding diaryl/α,β-unsaturated/α-hetero) is 3. The summed E-state index contributed by atoms with van der Waals surface area (Å²) in [5.41, 5.74) is 1.82. The Morgan fingerprint density at radius 3 is 2.09 bits per heavy atom. The third-order valence-electron chi connectivity index (χ3n) is 5.45. The Morgan fingerprint density at radius 1 is 0.853 bits per heavy atom. The zero-order valence-corrected chi connectivity index (χ0v) is 18.8. The second-order valence-electron chi connectivity index (χ2n) is 7.96. The van der Waals surface area contributed by atoms with Crippen LogP contribution >= 0.6 is 0 Å². The molecule has 3 aromatic rings. The zero-order valence-electron chi connectivity index (χ0n) is 18.8. The summed E-state index contributed by atoms with van der Waals surface area (Å²) in [7, 11) is 0. The van der Waals surface area contributed by atoms with Crippen molar-refractivity contribution in [1.82, 2.24) is 0 Å². The topological polar surface area (TPSA) is 51.2 Å². The summed E-state index contributed by atoms with van der Waals surface area (Å²) in [5.74, 6) is -0.687. The van der Waals surface area contributed by atoms with Crippen molar-refractivity contribution in [2.24, 2.45) is 0 Å². The van der Waals surface area contributed by atoms with Crippen LogP contribution in [0.4, 0.5) is 13.2 Å². The van der Waals surface area contributed by atoms with E-state index in [1.54, 1.807) is 49.4 Å². The van der Waals surface area contributed by atoms with Crippen LogP contribution in [0, 0.1) is 0 Å². The van der Waals surface area contributed by atoms with Gasteiger partial charge in [-0.05, 0) is 47.4 Å². The lowest BCUT2D eigenvalue weighted by molar-refractivity contribution is -0.137. The molecular formula is C28H23F3O3. The predicted molar refractivity (Wildman–Crippen MR) is 126 cm³/mol. The summed E-state index contributed by atoms with van der Waals surface area (Å²) in [6.45, 7) is 7.09. The first kappa shape index (κ1) is 24.8. The van der Waals surface area contributed by atoms with Crippen molar-refractivity contribution in [2.75, 3.05) is 0 Å². The Morgan fingerprint density at radius 2 is 1.50 bits per heavy atom. The van der Waals surface area contributed by atoms with Crippen molar-refractivity contribution in [3.63, 3.8) is 0 Å². The number of ketones is 3. The van der Waals surface area contributed by atoms with Gasteiger partial charge in [0.2, 0.25) is 0 Å². The first-order valence-corrected chi connectivity index (χ1v) is 10.7. The normalized spacial score (nSPS) is 11.2. The fourth-order valence-electron chi connectivity index (χ4n) is 3.73. The summed E-state index contributed by atoms with van der Waals surface area (Å²) < 4.78 is 38.8. The molecule has 0 saturated carbocycles. The number of hydrogen-bond acceptors (Lipinski definition) is 3. The van der Waals surface area contributed by atoms with Crippen molar-refractivity contribution < 1.29 is 27.6 Å². The van der Waals surface area contributed by atoms with Crippen LogP contribution in [0.1, 0.15) is 57.7 Å². The predicted octanol–water partition coefficient (Wildman–Crippen LogP) is 6.99. The van der Waals surface area contributed by atoms with E-state index in [0.29, 0.717) is 27.8 Å². The molecule has 3 nitrogen and oxygen atoms in total. The van der Waals surface area contributed by atoms with Crippen molar-refractivity contribution in [1.29, 1.82) is 0 Å². The molecule has 0 radical (unpaired) electrons. The smallest absolute Gasteiger partial charge is 0.300 e. The van der Waals surface area contributed by atoms with Crippen LogP contribution in [0.25, 0.3) is 16.7 Å². The summed E-state index contributed by atoms with van der Waals surface area (Å²) in [6.07, 6.45) is -4.08. The number of carbonyl (C=O) groups excluding carboxylic acids is 3. The van der Waals surface area contributed by atoms with E-state index < -0.39 is 17.5 Å². The van der Waals surface area contributed by atoms with Crippen molar-refractivity contribution in [3.05, 3.63) is 101 Å². The standard InChI is InChI=1S/C28H23F3O3/c1-4-26(33)25-16-19(15-17(2)32)9-14-22(25)18(3)27(34)24-8-6-5-7-23(24)20-10-12-21(13-11-20)28(29,30)31/h5-14,16H,3-4,15H2,1-2H3. The first-order valence-electron chi connectivity index (χ1n) is 10.7. The lowest BCUT2D eigenvalue weighted by atomic mass is 9.87. The van der Waals surface area contributed by atoms with Gasteiger partial charge in [0.15, 0.2) is 11.6 Å². The Balaban J connectivity index is 2.02. The van der Waals surface area contributed by atoms with Gasteiger partial charge in [-0.25, -0.2) is 0 Å². The lowest BCUT2D eigenvalue weighted by Gasteiger charge is -2.15. The average molecular weight is 464 g/mol. The molecule has 174 valence electrons.